The standard InChI is InChI=1S/C20H13BrN4O4S2/c1-29-14-6-7-15-17(10-14)31-20(23-15)24(19(26)16-8-9-18(21)30-16)22-11-12-2-4-13(5-3-12)25(27)28/h2-11H,1H3/b22-11+. The van der Waals surface area contributed by atoms with Crippen molar-refractivity contribution >= 4 is 71.8 Å². The number of nitro benzene ring substituents is 1. The van der Waals surface area contributed by atoms with Gasteiger partial charge in [-0.15, -0.1) is 11.3 Å². The van der Waals surface area contributed by atoms with Gasteiger partial charge in [-0.05, 0) is 64.0 Å². The molecule has 0 aliphatic carbocycles. The summed E-state index contributed by atoms with van der Waals surface area (Å²) in [4.78, 5) is 28.6. The molecule has 4 aromatic rings. The van der Waals surface area contributed by atoms with E-state index in [9.17, 15) is 14.9 Å². The Labute approximate surface area is 192 Å². The summed E-state index contributed by atoms with van der Waals surface area (Å²) in [6.07, 6.45) is 1.47. The zero-order valence-electron chi connectivity index (χ0n) is 15.9. The first kappa shape index (κ1) is 21.1. The maximum absolute atomic E-state index is 13.2. The first-order chi connectivity index (χ1) is 14.9. The lowest BCUT2D eigenvalue weighted by molar-refractivity contribution is -0.384. The van der Waals surface area contributed by atoms with Crippen LogP contribution >= 0.6 is 38.6 Å². The van der Waals surface area contributed by atoms with Crippen molar-refractivity contribution < 1.29 is 14.5 Å². The van der Waals surface area contributed by atoms with Crippen molar-refractivity contribution in [1.82, 2.24) is 4.98 Å². The molecule has 0 unspecified atom stereocenters. The molecule has 4 rings (SSSR count). The van der Waals surface area contributed by atoms with Gasteiger partial charge in [-0.25, -0.2) is 4.98 Å². The Morgan fingerprint density at radius 3 is 2.61 bits per heavy atom. The van der Waals surface area contributed by atoms with Crippen molar-refractivity contribution in [2.45, 2.75) is 0 Å². The van der Waals surface area contributed by atoms with E-state index in [4.69, 9.17) is 4.74 Å². The summed E-state index contributed by atoms with van der Waals surface area (Å²) >= 11 is 5.97. The van der Waals surface area contributed by atoms with Gasteiger partial charge in [0.05, 0.1) is 37.1 Å². The Kier molecular flexibility index (Phi) is 6.07. The maximum atomic E-state index is 13.2. The molecule has 0 spiro atoms. The number of ether oxygens (including phenoxy) is 1. The van der Waals surface area contributed by atoms with Gasteiger partial charge in [0.2, 0.25) is 5.13 Å². The molecule has 2 aromatic carbocycles. The lowest BCUT2D eigenvalue weighted by Crippen LogP contribution is -2.24. The summed E-state index contributed by atoms with van der Waals surface area (Å²) in [6.45, 7) is 0. The molecule has 2 heterocycles. The molecule has 2 aromatic heterocycles. The number of carbonyl (C=O) groups excluding carboxylic acids is 1. The van der Waals surface area contributed by atoms with E-state index in [1.165, 1.54) is 46.0 Å². The van der Waals surface area contributed by atoms with Crippen LogP contribution in [0.2, 0.25) is 0 Å². The minimum Gasteiger partial charge on any atom is -0.497 e. The predicted octanol–water partition coefficient (Wildman–Crippen LogP) is 5.72. The van der Waals surface area contributed by atoms with Crippen LogP contribution in [0.15, 0.2) is 63.5 Å². The minimum absolute atomic E-state index is 0.0198. The van der Waals surface area contributed by atoms with E-state index < -0.39 is 4.92 Å². The molecule has 0 saturated carbocycles. The smallest absolute Gasteiger partial charge is 0.290 e. The summed E-state index contributed by atoms with van der Waals surface area (Å²) in [5.41, 5.74) is 1.31. The highest BCUT2D eigenvalue weighted by Gasteiger charge is 2.22. The molecule has 0 saturated heterocycles. The van der Waals surface area contributed by atoms with Crippen molar-refractivity contribution in [3.8, 4) is 5.75 Å². The van der Waals surface area contributed by atoms with Gasteiger partial charge in [-0.1, -0.05) is 11.3 Å². The zero-order valence-corrected chi connectivity index (χ0v) is 19.1. The van der Waals surface area contributed by atoms with Crippen LogP contribution in [0.4, 0.5) is 10.8 Å². The molecule has 0 N–H and O–H groups in total. The summed E-state index contributed by atoms with van der Waals surface area (Å²) in [5.74, 6) is 0.358. The second-order valence-corrected chi connectivity index (χ2v) is 9.62. The Morgan fingerprint density at radius 1 is 1.19 bits per heavy atom. The van der Waals surface area contributed by atoms with E-state index in [1.54, 1.807) is 37.4 Å². The summed E-state index contributed by atoms with van der Waals surface area (Å²) in [6, 6.07) is 14.9. The van der Waals surface area contributed by atoms with Crippen LogP contribution in [0.5, 0.6) is 5.75 Å². The number of anilines is 1. The maximum Gasteiger partial charge on any atom is 0.290 e. The van der Waals surface area contributed by atoms with Gasteiger partial charge in [0.1, 0.15) is 5.75 Å². The third-order valence-corrected chi connectivity index (χ3v) is 6.77. The third kappa shape index (κ3) is 4.63. The molecule has 0 aliphatic heterocycles. The second kappa shape index (κ2) is 8.92. The number of thiazole rings is 1. The highest BCUT2D eigenvalue weighted by molar-refractivity contribution is 9.11. The normalized spacial score (nSPS) is 11.2. The van der Waals surface area contributed by atoms with Gasteiger partial charge in [0.15, 0.2) is 0 Å². The van der Waals surface area contributed by atoms with Crippen LogP contribution in [0, 0.1) is 10.1 Å². The van der Waals surface area contributed by atoms with E-state index in [0.717, 1.165) is 14.0 Å². The number of thiophene rings is 1. The van der Waals surface area contributed by atoms with E-state index in [0.29, 0.717) is 21.3 Å². The van der Waals surface area contributed by atoms with Crippen LogP contribution in [-0.2, 0) is 0 Å². The minimum atomic E-state index is -0.471. The number of carbonyl (C=O) groups is 1. The van der Waals surface area contributed by atoms with Gasteiger partial charge in [0, 0.05) is 12.1 Å². The first-order valence-corrected chi connectivity index (χ1v) is 11.2. The molecule has 8 nitrogen and oxygen atoms in total. The fourth-order valence-electron chi connectivity index (χ4n) is 2.64. The van der Waals surface area contributed by atoms with E-state index in [2.05, 4.69) is 26.0 Å². The Bertz CT molecular complexity index is 1300. The van der Waals surface area contributed by atoms with E-state index in [-0.39, 0.29) is 11.6 Å². The van der Waals surface area contributed by atoms with Gasteiger partial charge in [0.25, 0.3) is 11.6 Å². The molecule has 156 valence electrons. The van der Waals surface area contributed by atoms with Crippen molar-refractivity contribution in [3.05, 3.63) is 78.9 Å². The third-order valence-electron chi connectivity index (χ3n) is 4.17. The average molecular weight is 517 g/mol. The number of methoxy groups -OCH3 is 1. The van der Waals surface area contributed by atoms with E-state index in [1.807, 2.05) is 12.1 Å². The van der Waals surface area contributed by atoms with Crippen LogP contribution in [-0.4, -0.2) is 29.1 Å². The molecule has 31 heavy (non-hydrogen) atoms. The number of nitrogens with zero attached hydrogens (tertiary/aromatic N) is 4. The van der Waals surface area contributed by atoms with Gasteiger partial charge >= 0.3 is 0 Å². The molecule has 0 bridgehead atoms. The molecule has 0 atom stereocenters. The quantitative estimate of drug-likeness (QED) is 0.185. The highest BCUT2D eigenvalue weighted by Crippen LogP contribution is 2.33. The van der Waals surface area contributed by atoms with Crippen LogP contribution in [0.1, 0.15) is 15.2 Å². The second-order valence-electron chi connectivity index (χ2n) is 6.14. The highest BCUT2D eigenvalue weighted by atomic mass is 79.9. The number of aromatic nitrogens is 1. The Morgan fingerprint density at radius 2 is 1.97 bits per heavy atom. The van der Waals surface area contributed by atoms with Crippen LogP contribution in [0.25, 0.3) is 10.2 Å². The van der Waals surface area contributed by atoms with E-state index >= 15 is 0 Å². The molecule has 11 heteroatoms. The van der Waals surface area contributed by atoms with Gasteiger partial charge < -0.3 is 4.74 Å². The Hall–Kier alpha value is -3.15. The number of benzene rings is 2. The number of hydrogen-bond donors (Lipinski definition) is 0. The monoisotopic (exact) mass is 516 g/mol. The zero-order chi connectivity index (χ0) is 22.0. The number of halogens is 1. The lowest BCUT2D eigenvalue weighted by Gasteiger charge is -2.12. The van der Waals surface area contributed by atoms with Gasteiger partial charge in [-0.3, -0.25) is 14.9 Å². The summed E-state index contributed by atoms with van der Waals surface area (Å²) < 4.78 is 6.94. The topological polar surface area (TPSA) is 97.9 Å². The summed E-state index contributed by atoms with van der Waals surface area (Å²) in [7, 11) is 1.59. The molecular weight excluding hydrogens is 504 g/mol. The summed E-state index contributed by atoms with van der Waals surface area (Å²) in [5, 5.41) is 16.8. The number of rotatable bonds is 6. The number of fused-ring (bicyclic) bond motifs is 1. The number of hydrogen-bond acceptors (Lipinski definition) is 8. The average Bonchev–Trinajstić information content (AvgIpc) is 3.39. The molecule has 0 fully saturated rings. The van der Waals surface area contributed by atoms with Gasteiger partial charge in [-0.2, -0.15) is 10.1 Å². The van der Waals surface area contributed by atoms with Crippen LogP contribution in [0.3, 0.4) is 0 Å². The fraction of sp³-hybridized carbons (Fsp3) is 0.0500. The van der Waals surface area contributed by atoms with Crippen LogP contribution < -0.4 is 9.75 Å². The fourth-order valence-corrected chi connectivity index (χ4v) is 4.90. The molecular formula is C20H13BrN4O4S2. The lowest BCUT2D eigenvalue weighted by atomic mass is 10.2. The number of nitro groups is 1. The van der Waals surface area contributed by atoms with Crippen molar-refractivity contribution in [2.24, 2.45) is 5.10 Å². The number of non-ortho nitro benzene ring substituents is 1. The first-order valence-electron chi connectivity index (χ1n) is 8.77. The largest absolute Gasteiger partial charge is 0.497 e. The molecule has 1 amide bonds. The van der Waals surface area contributed by atoms with Crippen molar-refractivity contribution in [1.29, 1.82) is 0 Å². The number of hydrazone groups is 1. The molecule has 0 radical (unpaired) electrons. The SMILES string of the molecule is COc1ccc2nc(N(/N=C/c3ccc([N+](=O)[O-])cc3)C(=O)c3ccc(Br)s3)sc2c1. The Balaban J connectivity index is 1.72. The van der Waals surface area contributed by atoms with Crippen molar-refractivity contribution in [3.63, 3.8) is 0 Å². The van der Waals surface area contributed by atoms with Crippen molar-refractivity contribution in [2.75, 3.05) is 12.1 Å². The number of amides is 1. The molecule has 0 aliphatic rings. The predicted molar refractivity (Wildman–Crippen MR) is 126 cm³/mol.